The fraction of sp³-hybridized carbons (Fsp3) is 0.500. The van der Waals surface area contributed by atoms with Crippen LogP contribution >= 0.6 is 23.7 Å². The van der Waals surface area contributed by atoms with E-state index in [4.69, 9.17) is 5.73 Å². The highest BCUT2D eigenvalue weighted by Crippen LogP contribution is 2.20. The maximum Gasteiger partial charge on any atom is 0.307 e. The van der Waals surface area contributed by atoms with Gasteiger partial charge in [-0.2, -0.15) is 0 Å². The summed E-state index contributed by atoms with van der Waals surface area (Å²) in [4.78, 5) is 14.1. The van der Waals surface area contributed by atoms with Gasteiger partial charge in [0.15, 0.2) is 0 Å². The van der Waals surface area contributed by atoms with Crippen LogP contribution in [0, 0.1) is 0 Å². The number of aryl methyl sites for hydroxylation is 1. The summed E-state index contributed by atoms with van der Waals surface area (Å²) < 4.78 is 2.78. The number of benzene rings is 1. The molecule has 1 unspecified atom stereocenters. The Hall–Kier alpha value is -0.880. The van der Waals surface area contributed by atoms with Gasteiger partial charge >= 0.3 is 4.87 Å². The molecule has 0 aliphatic carbocycles. The second kappa shape index (κ2) is 6.26. The van der Waals surface area contributed by atoms with Crippen molar-refractivity contribution in [2.75, 3.05) is 13.1 Å². The number of thiazole rings is 1. The van der Waals surface area contributed by atoms with Crippen molar-refractivity contribution in [3.05, 3.63) is 33.4 Å². The molecule has 1 aliphatic rings. The van der Waals surface area contributed by atoms with Crippen molar-refractivity contribution in [2.45, 2.75) is 25.4 Å². The van der Waals surface area contributed by atoms with Crippen molar-refractivity contribution in [1.82, 2.24) is 9.47 Å². The lowest BCUT2D eigenvalue weighted by Crippen LogP contribution is -2.42. The van der Waals surface area contributed by atoms with E-state index in [9.17, 15) is 4.79 Å². The molecule has 4 nitrogen and oxygen atoms in total. The minimum atomic E-state index is 0. The number of hydrogen-bond acceptors (Lipinski definition) is 4. The summed E-state index contributed by atoms with van der Waals surface area (Å²) in [5, 5.41) is 0. The lowest BCUT2D eigenvalue weighted by Gasteiger charge is -2.30. The van der Waals surface area contributed by atoms with Crippen molar-refractivity contribution in [3.63, 3.8) is 0 Å². The molecule has 3 rings (SSSR count). The molecule has 1 aromatic carbocycles. The molecule has 0 bridgehead atoms. The number of aromatic nitrogens is 1. The number of piperidine rings is 1. The fourth-order valence-corrected chi connectivity index (χ4v) is 3.71. The van der Waals surface area contributed by atoms with Crippen LogP contribution in [0.2, 0.25) is 0 Å². The molecule has 0 spiro atoms. The highest BCUT2D eigenvalue weighted by molar-refractivity contribution is 7.16. The van der Waals surface area contributed by atoms with Gasteiger partial charge in [0.1, 0.15) is 0 Å². The Bertz CT molecular complexity index is 651. The Morgan fingerprint density at radius 3 is 3.00 bits per heavy atom. The van der Waals surface area contributed by atoms with Gasteiger partial charge < -0.3 is 10.3 Å². The molecule has 1 aromatic heterocycles. The SMILES string of the molecule is Cl.Cn1c(=O)sc2cc(CN3CCCC(N)C3)ccc21. The van der Waals surface area contributed by atoms with Gasteiger partial charge in [0.2, 0.25) is 0 Å². The van der Waals surface area contributed by atoms with Gasteiger partial charge in [-0.1, -0.05) is 17.4 Å². The van der Waals surface area contributed by atoms with E-state index < -0.39 is 0 Å². The Kier molecular flexibility index (Phi) is 4.86. The first-order valence-electron chi connectivity index (χ1n) is 6.70. The molecule has 1 atom stereocenters. The molecule has 0 saturated carbocycles. The lowest BCUT2D eigenvalue weighted by molar-refractivity contribution is 0.201. The number of likely N-dealkylation sites (tertiary alicyclic amines) is 1. The van der Waals surface area contributed by atoms with E-state index in [0.29, 0.717) is 6.04 Å². The third-order valence-electron chi connectivity index (χ3n) is 3.80. The van der Waals surface area contributed by atoms with Crippen LogP contribution < -0.4 is 10.6 Å². The first-order chi connectivity index (χ1) is 9.13. The summed E-state index contributed by atoms with van der Waals surface area (Å²) in [5.41, 5.74) is 8.30. The van der Waals surface area contributed by atoms with Crippen LogP contribution in [0.1, 0.15) is 18.4 Å². The normalized spacial score (nSPS) is 20.0. The average molecular weight is 314 g/mol. The number of halogens is 1. The van der Waals surface area contributed by atoms with Crippen LogP contribution in [0.3, 0.4) is 0 Å². The van der Waals surface area contributed by atoms with Crippen LogP contribution in [0.25, 0.3) is 10.2 Å². The first-order valence-corrected chi connectivity index (χ1v) is 7.51. The molecule has 2 N–H and O–H groups in total. The zero-order valence-corrected chi connectivity index (χ0v) is 13.2. The topological polar surface area (TPSA) is 51.3 Å². The number of hydrogen-bond donors (Lipinski definition) is 1. The summed E-state index contributed by atoms with van der Waals surface area (Å²) in [6, 6.07) is 6.62. The van der Waals surface area contributed by atoms with E-state index in [2.05, 4.69) is 17.0 Å². The number of nitrogens with zero attached hydrogens (tertiary/aromatic N) is 2. The molecule has 0 radical (unpaired) electrons. The van der Waals surface area contributed by atoms with Crippen LogP contribution in [0.4, 0.5) is 0 Å². The zero-order valence-electron chi connectivity index (χ0n) is 11.5. The van der Waals surface area contributed by atoms with E-state index in [1.54, 1.807) is 4.57 Å². The van der Waals surface area contributed by atoms with Gasteiger partial charge in [-0.25, -0.2) is 0 Å². The van der Waals surface area contributed by atoms with Crippen molar-refractivity contribution >= 4 is 34.0 Å². The van der Waals surface area contributed by atoms with Gasteiger partial charge in [-0.15, -0.1) is 12.4 Å². The number of fused-ring (bicyclic) bond motifs is 1. The Morgan fingerprint density at radius 1 is 1.45 bits per heavy atom. The third kappa shape index (κ3) is 3.06. The minimum Gasteiger partial charge on any atom is -0.327 e. The highest BCUT2D eigenvalue weighted by Gasteiger charge is 2.16. The quantitative estimate of drug-likeness (QED) is 0.922. The highest BCUT2D eigenvalue weighted by atomic mass is 35.5. The van der Waals surface area contributed by atoms with Gasteiger partial charge in [-0.05, 0) is 37.1 Å². The van der Waals surface area contributed by atoms with Crippen LogP contribution in [0.15, 0.2) is 23.0 Å². The Balaban J connectivity index is 0.00000147. The zero-order chi connectivity index (χ0) is 13.4. The first kappa shape index (κ1) is 15.5. The molecule has 1 fully saturated rings. The van der Waals surface area contributed by atoms with E-state index in [1.165, 1.54) is 23.3 Å². The van der Waals surface area contributed by atoms with Gasteiger partial charge in [0.25, 0.3) is 0 Å². The second-order valence-corrected chi connectivity index (χ2v) is 6.36. The summed E-state index contributed by atoms with van der Waals surface area (Å²) in [6.45, 7) is 3.03. The molecule has 0 amide bonds. The molecule has 20 heavy (non-hydrogen) atoms. The average Bonchev–Trinajstić information content (AvgIpc) is 2.65. The Labute approximate surface area is 128 Å². The lowest BCUT2D eigenvalue weighted by atomic mass is 10.1. The van der Waals surface area contributed by atoms with Crippen molar-refractivity contribution < 1.29 is 0 Å². The van der Waals surface area contributed by atoms with Gasteiger partial charge in [0, 0.05) is 26.2 Å². The smallest absolute Gasteiger partial charge is 0.307 e. The molecular weight excluding hydrogens is 294 g/mol. The van der Waals surface area contributed by atoms with Crippen molar-refractivity contribution in [2.24, 2.45) is 12.8 Å². The third-order valence-corrected chi connectivity index (χ3v) is 4.80. The molecule has 2 heterocycles. The van der Waals surface area contributed by atoms with E-state index in [-0.39, 0.29) is 17.3 Å². The van der Waals surface area contributed by atoms with Crippen molar-refractivity contribution in [1.29, 1.82) is 0 Å². The summed E-state index contributed by atoms with van der Waals surface area (Å²) in [5.74, 6) is 0. The molecule has 6 heteroatoms. The summed E-state index contributed by atoms with van der Waals surface area (Å²) in [7, 11) is 1.82. The molecule has 2 aromatic rings. The maximum atomic E-state index is 11.6. The molecule has 1 aliphatic heterocycles. The van der Waals surface area contributed by atoms with E-state index in [0.717, 1.165) is 36.3 Å². The van der Waals surface area contributed by atoms with Crippen LogP contribution in [-0.2, 0) is 13.6 Å². The van der Waals surface area contributed by atoms with Gasteiger partial charge in [0.05, 0.1) is 10.2 Å². The second-order valence-electron chi connectivity index (χ2n) is 5.37. The largest absolute Gasteiger partial charge is 0.327 e. The predicted molar refractivity (Wildman–Crippen MR) is 86.8 cm³/mol. The molecule has 1 saturated heterocycles. The summed E-state index contributed by atoms with van der Waals surface area (Å²) >= 11 is 1.32. The standard InChI is InChI=1S/C14H19N3OS.ClH/c1-16-12-5-4-10(7-13(12)19-14(16)18)8-17-6-2-3-11(15)9-17;/h4-5,7,11H,2-3,6,8-9,15H2,1H3;1H. The monoisotopic (exact) mass is 313 g/mol. The number of rotatable bonds is 2. The van der Waals surface area contributed by atoms with Crippen LogP contribution in [-0.4, -0.2) is 28.6 Å². The van der Waals surface area contributed by atoms with Crippen LogP contribution in [0.5, 0.6) is 0 Å². The fourth-order valence-electron chi connectivity index (χ4n) is 2.77. The van der Waals surface area contributed by atoms with Gasteiger partial charge in [-0.3, -0.25) is 9.69 Å². The van der Waals surface area contributed by atoms with Crippen molar-refractivity contribution in [3.8, 4) is 0 Å². The van der Waals surface area contributed by atoms with E-state index in [1.807, 2.05) is 13.1 Å². The predicted octanol–water partition coefficient (Wildman–Crippen LogP) is 1.94. The Morgan fingerprint density at radius 2 is 2.25 bits per heavy atom. The minimum absolute atomic E-state index is 0. The molecule has 110 valence electrons. The van der Waals surface area contributed by atoms with E-state index >= 15 is 0 Å². The summed E-state index contributed by atoms with van der Waals surface area (Å²) in [6.07, 6.45) is 2.32. The number of nitrogens with two attached hydrogens (primary N) is 1. The molecular formula is C14H20ClN3OS. The maximum absolute atomic E-state index is 11.6.